The molecule has 1 rings (SSSR count). The van der Waals surface area contributed by atoms with Gasteiger partial charge in [-0.3, -0.25) is 4.68 Å². The van der Waals surface area contributed by atoms with E-state index in [1.54, 1.807) is 13.0 Å². The fourth-order valence-electron chi connectivity index (χ4n) is 1.73. The number of aromatic nitrogens is 2. The van der Waals surface area contributed by atoms with Crippen molar-refractivity contribution in [3.05, 3.63) is 28.6 Å². The first-order valence-electron chi connectivity index (χ1n) is 5.40. The number of carbonyl (C=O) groups is 1. The van der Waals surface area contributed by atoms with E-state index in [1.165, 1.54) is 5.56 Å². The zero-order chi connectivity index (χ0) is 12.3. The monoisotopic (exact) mass is 222 g/mol. The van der Waals surface area contributed by atoms with Crippen molar-refractivity contribution in [1.29, 1.82) is 0 Å². The minimum atomic E-state index is -0.878. The number of allylic oxidation sites excluding steroid dienone is 1. The van der Waals surface area contributed by atoms with E-state index >= 15 is 0 Å². The molecule has 1 heterocycles. The van der Waals surface area contributed by atoms with Gasteiger partial charge in [-0.2, -0.15) is 5.10 Å². The van der Waals surface area contributed by atoms with Crippen LogP contribution in [0.4, 0.5) is 0 Å². The summed E-state index contributed by atoms with van der Waals surface area (Å²) in [6.45, 7) is 8.21. The molecular weight excluding hydrogens is 204 g/mol. The number of aryl methyl sites for hydroxylation is 1. The van der Waals surface area contributed by atoms with Crippen molar-refractivity contribution in [2.24, 2.45) is 0 Å². The molecule has 1 aromatic heterocycles. The second-order valence-electron chi connectivity index (χ2n) is 3.88. The zero-order valence-corrected chi connectivity index (χ0v) is 10.2. The highest BCUT2D eigenvalue weighted by atomic mass is 16.4. The summed E-state index contributed by atoms with van der Waals surface area (Å²) < 4.78 is 1.85. The summed E-state index contributed by atoms with van der Waals surface area (Å²) in [5.41, 5.74) is 3.75. The number of nitrogens with zero attached hydrogens (tertiary/aromatic N) is 2. The van der Waals surface area contributed by atoms with Crippen LogP contribution >= 0.6 is 0 Å². The molecule has 1 aromatic rings. The van der Waals surface area contributed by atoms with Crippen molar-refractivity contribution in [1.82, 2.24) is 9.78 Å². The molecule has 0 aliphatic heterocycles. The van der Waals surface area contributed by atoms with E-state index in [2.05, 4.69) is 12.0 Å². The minimum absolute atomic E-state index is 0.352. The van der Waals surface area contributed by atoms with Crippen LogP contribution in [0.2, 0.25) is 0 Å². The van der Waals surface area contributed by atoms with Crippen LogP contribution in [0.1, 0.15) is 30.8 Å². The molecule has 0 saturated heterocycles. The largest absolute Gasteiger partial charge is 0.478 e. The summed E-state index contributed by atoms with van der Waals surface area (Å²) in [6, 6.07) is 0. The van der Waals surface area contributed by atoms with E-state index < -0.39 is 5.97 Å². The number of carboxylic acids is 1. The third-order valence-electron chi connectivity index (χ3n) is 2.79. The maximum absolute atomic E-state index is 10.6. The Morgan fingerprint density at radius 1 is 1.50 bits per heavy atom. The molecule has 4 nitrogen and oxygen atoms in total. The van der Waals surface area contributed by atoms with Crippen LogP contribution in [-0.2, 0) is 17.8 Å². The van der Waals surface area contributed by atoms with Gasteiger partial charge in [-0.15, -0.1) is 0 Å². The van der Waals surface area contributed by atoms with Gasteiger partial charge < -0.3 is 5.11 Å². The highest BCUT2D eigenvalue weighted by molar-refractivity contribution is 5.85. The first kappa shape index (κ1) is 12.5. The highest BCUT2D eigenvalue weighted by Crippen LogP contribution is 2.13. The lowest BCUT2D eigenvalue weighted by atomic mass is 10.1. The summed E-state index contributed by atoms with van der Waals surface area (Å²) in [5.74, 6) is -0.878. The Hall–Kier alpha value is -1.58. The molecule has 1 N–H and O–H groups in total. The maximum atomic E-state index is 10.6. The van der Waals surface area contributed by atoms with Gasteiger partial charge in [0.05, 0.1) is 12.2 Å². The van der Waals surface area contributed by atoms with Crippen molar-refractivity contribution in [3.8, 4) is 0 Å². The van der Waals surface area contributed by atoms with Crippen LogP contribution in [0.15, 0.2) is 11.6 Å². The second-order valence-corrected chi connectivity index (χ2v) is 3.88. The normalized spacial score (nSPS) is 11.9. The predicted molar refractivity (Wildman–Crippen MR) is 62.5 cm³/mol. The summed E-state index contributed by atoms with van der Waals surface area (Å²) in [7, 11) is 0. The van der Waals surface area contributed by atoms with E-state index in [0.29, 0.717) is 12.1 Å². The molecule has 0 fully saturated rings. The van der Waals surface area contributed by atoms with Gasteiger partial charge in [0, 0.05) is 11.3 Å². The van der Waals surface area contributed by atoms with Gasteiger partial charge in [0.15, 0.2) is 0 Å². The number of carboxylic acid groups (broad SMARTS) is 1. The van der Waals surface area contributed by atoms with Crippen molar-refractivity contribution in [2.45, 2.75) is 40.7 Å². The molecule has 4 heteroatoms. The highest BCUT2D eigenvalue weighted by Gasteiger charge is 2.08. The Morgan fingerprint density at radius 3 is 2.56 bits per heavy atom. The fraction of sp³-hybridized carbons (Fsp3) is 0.500. The van der Waals surface area contributed by atoms with Crippen LogP contribution < -0.4 is 0 Å². The lowest BCUT2D eigenvalue weighted by Crippen LogP contribution is -2.04. The van der Waals surface area contributed by atoms with Crippen molar-refractivity contribution in [2.75, 3.05) is 0 Å². The molecule has 0 saturated carbocycles. The van der Waals surface area contributed by atoms with Gasteiger partial charge in [-0.25, -0.2) is 4.79 Å². The van der Waals surface area contributed by atoms with Crippen molar-refractivity contribution < 1.29 is 9.90 Å². The lowest BCUT2D eigenvalue weighted by molar-refractivity contribution is -0.132. The smallest absolute Gasteiger partial charge is 0.331 e. The van der Waals surface area contributed by atoms with E-state index in [-0.39, 0.29) is 0 Å². The Bertz CT molecular complexity index is 430. The molecule has 0 aliphatic carbocycles. The van der Waals surface area contributed by atoms with E-state index in [9.17, 15) is 4.79 Å². The van der Waals surface area contributed by atoms with Crippen molar-refractivity contribution >= 4 is 5.97 Å². The Balaban J connectivity index is 2.91. The number of hydrogen-bond acceptors (Lipinski definition) is 2. The summed E-state index contributed by atoms with van der Waals surface area (Å²) >= 11 is 0. The van der Waals surface area contributed by atoms with E-state index in [0.717, 1.165) is 17.8 Å². The van der Waals surface area contributed by atoms with Crippen molar-refractivity contribution in [3.63, 3.8) is 0 Å². The number of rotatable bonds is 4. The topological polar surface area (TPSA) is 55.1 Å². The first-order valence-corrected chi connectivity index (χ1v) is 5.40. The third-order valence-corrected chi connectivity index (χ3v) is 2.79. The first-order chi connectivity index (χ1) is 7.47. The molecule has 0 spiro atoms. The Labute approximate surface area is 95.6 Å². The Morgan fingerprint density at radius 2 is 2.12 bits per heavy atom. The van der Waals surface area contributed by atoms with Gasteiger partial charge in [0.25, 0.3) is 0 Å². The number of aliphatic carboxylic acids is 1. The van der Waals surface area contributed by atoms with Gasteiger partial charge >= 0.3 is 5.97 Å². The summed E-state index contributed by atoms with van der Waals surface area (Å²) in [6.07, 6.45) is 2.64. The van der Waals surface area contributed by atoms with Crippen LogP contribution in [0.25, 0.3) is 0 Å². The van der Waals surface area contributed by atoms with Crippen LogP contribution in [-0.4, -0.2) is 20.9 Å². The molecule has 88 valence electrons. The third kappa shape index (κ3) is 2.51. The average Bonchev–Trinajstić information content (AvgIpc) is 2.50. The molecule has 0 unspecified atom stereocenters. The van der Waals surface area contributed by atoms with Gasteiger partial charge in [-0.1, -0.05) is 13.0 Å². The molecule has 0 radical (unpaired) electrons. The predicted octanol–water partition coefficient (Wildman–Crippen LogP) is 2.09. The van der Waals surface area contributed by atoms with Gasteiger partial charge in [-0.05, 0) is 32.8 Å². The molecule has 0 aliphatic rings. The van der Waals surface area contributed by atoms with Crippen LogP contribution in [0, 0.1) is 13.8 Å². The fourth-order valence-corrected chi connectivity index (χ4v) is 1.73. The van der Waals surface area contributed by atoms with Gasteiger partial charge in [0.1, 0.15) is 0 Å². The SMILES string of the molecule is CCc1c(C)nn(CC=C(C)C(=O)O)c1C. The standard InChI is InChI=1S/C12H18N2O2/c1-5-11-9(3)13-14(10(11)4)7-6-8(2)12(15)16/h6H,5,7H2,1-4H3,(H,15,16). The van der Waals surface area contributed by atoms with E-state index in [1.807, 2.05) is 18.5 Å². The van der Waals surface area contributed by atoms with Gasteiger partial charge in [0.2, 0.25) is 0 Å². The van der Waals surface area contributed by atoms with Crippen LogP contribution in [0.3, 0.4) is 0 Å². The molecule has 16 heavy (non-hydrogen) atoms. The molecule has 0 bridgehead atoms. The number of hydrogen-bond donors (Lipinski definition) is 1. The van der Waals surface area contributed by atoms with E-state index in [4.69, 9.17) is 5.11 Å². The zero-order valence-electron chi connectivity index (χ0n) is 10.2. The van der Waals surface area contributed by atoms with Crippen LogP contribution in [0.5, 0.6) is 0 Å². The molecule has 0 atom stereocenters. The lowest BCUT2D eigenvalue weighted by Gasteiger charge is -2.01. The molecule has 0 aromatic carbocycles. The second kappa shape index (κ2) is 4.96. The minimum Gasteiger partial charge on any atom is -0.478 e. The molecule has 0 amide bonds. The summed E-state index contributed by atoms with van der Waals surface area (Å²) in [4.78, 5) is 10.6. The quantitative estimate of drug-likeness (QED) is 0.794. The Kier molecular flexibility index (Phi) is 3.88. The molecular formula is C12H18N2O2. The summed E-state index contributed by atoms with van der Waals surface area (Å²) in [5, 5.41) is 13.1. The maximum Gasteiger partial charge on any atom is 0.331 e. The average molecular weight is 222 g/mol.